The second-order valence-electron chi connectivity index (χ2n) is 3.62. The first-order chi connectivity index (χ1) is 3.95. The van der Waals surface area contributed by atoms with Crippen LogP contribution in [0.25, 0.3) is 0 Å². The van der Waals surface area contributed by atoms with Crippen LogP contribution in [0.4, 0.5) is 0 Å². The Morgan fingerprint density at radius 3 is 1.89 bits per heavy atom. The van der Waals surface area contributed by atoms with Crippen molar-refractivity contribution < 1.29 is 0 Å². The number of hydrogen-bond acceptors (Lipinski definition) is 1. The van der Waals surface area contributed by atoms with Crippen LogP contribution in [0.5, 0.6) is 0 Å². The molecule has 1 nitrogen and oxygen atoms in total. The number of nitrogens with zero attached hydrogens (tertiary/aromatic N) is 1. The third-order valence-corrected chi connectivity index (χ3v) is 1.08. The summed E-state index contributed by atoms with van der Waals surface area (Å²) < 4.78 is 0. The van der Waals surface area contributed by atoms with Gasteiger partial charge in [-0.3, -0.25) is 0 Å². The van der Waals surface area contributed by atoms with Crippen LogP contribution in [0.15, 0.2) is 0 Å². The molecule has 0 N–H and O–H groups in total. The molecule has 0 aliphatic rings. The maximum absolute atomic E-state index is 5.59. The molecule has 9 heavy (non-hydrogen) atoms. The van der Waals surface area contributed by atoms with E-state index in [9.17, 15) is 0 Å². The molecule has 0 bridgehead atoms. The predicted molar refractivity (Wildman–Crippen MR) is 42.5 cm³/mol. The van der Waals surface area contributed by atoms with Crippen molar-refractivity contribution in [2.24, 2.45) is 5.41 Å². The first-order valence-corrected chi connectivity index (χ1v) is 3.45. The lowest BCUT2D eigenvalue weighted by atomic mass is 9.95. The Morgan fingerprint density at radius 2 is 1.78 bits per heavy atom. The van der Waals surface area contributed by atoms with Crippen LogP contribution < -0.4 is 0 Å². The molecule has 0 saturated carbocycles. The minimum absolute atomic E-state index is 0.324. The molecule has 0 aromatic rings. The van der Waals surface area contributed by atoms with E-state index in [1.807, 2.05) is 4.81 Å². The molecule has 0 atom stereocenters. The molecule has 0 aromatic carbocycles. The SMILES string of the molecule is [B]N(CC)CC(C)(C)C. The third kappa shape index (κ3) is 5.90. The van der Waals surface area contributed by atoms with Gasteiger partial charge in [0.1, 0.15) is 0 Å². The fourth-order valence-corrected chi connectivity index (χ4v) is 0.721. The van der Waals surface area contributed by atoms with Gasteiger partial charge in [-0.25, -0.2) is 0 Å². The quantitative estimate of drug-likeness (QED) is 0.504. The van der Waals surface area contributed by atoms with Gasteiger partial charge in [-0.15, -0.1) is 0 Å². The summed E-state index contributed by atoms with van der Waals surface area (Å²) in [6.07, 6.45) is 0. The molecule has 0 unspecified atom stereocenters. The molecule has 0 aromatic heterocycles. The molecular formula is C7H16BN. The topological polar surface area (TPSA) is 3.24 Å². The standard InChI is InChI=1S/C7H16BN/c1-5-9(8)6-7(2,3)4/h5-6H2,1-4H3. The second-order valence-corrected chi connectivity index (χ2v) is 3.62. The highest BCUT2D eigenvalue weighted by Gasteiger charge is 2.10. The van der Waals surface area contributed by atoms with Gasteiger partial charge in [-0.2, -0.15) is 0 Å². The monoisotopic (exact) mass is 125 g/mol. The third-order valence-electron chi connectivity index (χ3n) is 1.08. The van der Waals surface area contributed by atoms with Crippen molar-refractivity contribution in [2.45, 2.75) is 27.7 Å². The number of rotatable bonds is 2. The molecule has 0 amide bonds. The fraction of sp³-hybridized carbons (Fsp3) is 1.00. The van der Waals surface area contributed by atoms with Crippen molar-refractivity contribution in [3.63, 3.8) is 0 Å². The Morgan fingerprint density at radius 1 is 1.33 bits per heavy atom. The highest BCUT2D eigenvalue weighted by Crippen LogP contribution is 2.13. The molecule has 52 valence electrons. The van der Waals surface area contributed by atoms with Crippen molar-refractivity contribution >= 4 is 7.98 Å². The van der Waals surface area contributed by atoms with Gasteiger partial charge in [0, 0.05) is 0 Å². The van der Waals surface area contributed by atoms with Crippen LogP contribution in [0, 0.1) is 5.41 Å². The largest absolute Gasteiger partial charge is 0.353 e. The number of hydrogen-bond donors (Lipinski definition) is 0. The van der Waals surface area contributed by atoms with Gasteiger partial charge in [0.05, 0.1) is 0 Å². The molecule has 0 rings (SSSR count). The zero-order chi connectivity index (χ0) is 7.49. The molecule has 0 fully saturated rings. The summed E-state index contributed by atoms with van der Waals surface area (Å²) in [6, 6.07) is 0. The molecule has 0 saturated heterocycles. The molecule has 0 aliphatic heterocycles. The lowest BCUT2D eigenvalue weighted by molar-refractivity contribution is 0.299. The Balaban J connectivity index is 3.47. The minimum atomic E-state index is 0.324. The second kappa shape index (κ2) is 3.26. The summed E-state index contributed by atoms with van der Waals surface area (Å²) in [5, 5.41) is 0. The van der Waals surface area contributed by atoms with Gasteiger partial charge >= 0.3 is 0 Å². The molecule has 0 spiro atoms. The highest BCUT2D eigenvalue weighted by molar-refractivity contribution is 6.04. The first kappa shape index (κ1) is 9.02. The first-order valence-electron chi connectivity index (χ1n) is 3.45. The molecule has 2 radical (unpaired) electrons. The van der Waals surface area contributed by atoms with Gasteiger partial charge in [-0.05, 0) is 18.5 Å². The van der Waals surface area contributed by atoms with Gasteiger partial charge in [-0.1, -0.05) is 27.7 Å². The van der Waals surface area contributed by atoms with Crippen molar-refractivity contribution in [3.8, 4) is 0 Å². The lowest BCUT2D eigenvalue weighted by Gasteiger charge is -2.25. The van der Waals surface area contributed by atoms with E-state index in [0.29, 0.717) is 5.41 Å². The molecule has 0 heterocycles. The van der Waals surface area contributed by atoms with Gasteiger partial charge in [0.25, 0.3) is 0 Å². The molecule has 0 aliphatic carbocycles. The average Bonchev–Trinajstić information content (AvgIpc) is 1.62. The predicted octanol–water partition coefficient (Wildman–Crippen LogP) is 1.44. The van der Waals surface area contributed by atoms with Crippen molar-refractivity contribution in [3.05, 3.63) is 0 Å². The highest BCUT2D eigenvalue weighted by atomic mass is 15.0. The van der Waals surface area contributed by atoms with E-state index in [0.717, 1.165) is 13.1 Å². The zero-order valence-corrected chi connectivity index (χ0v) is 6.94. The summed E-state index contributed by atoms with van der Waals surface area (Å²) in [6.45, 7) is 10.5. The Labute approximate surface area is 59.9 Å². The van der Waals surface area contributed by atoms with E-state index in [1.54, 1.807) is 0 Å². The molecular weight excluding hydrogens is 109 g/mol. The van der Waals surface area contributed by atoms with Crippen LogP contribution in [0.1, 0.15) is 27.7 Å². The summed E-state index contributed by atoms with van der Waals surface area (Å²) in [5.41, 5.74) is 0.324. The summed E-state index contributed by atoms with van der Waals surface area (Å²) >= 11 is 0. The Kier molecular flexibility index (Phi) is 3.27. The van der Waals surface area contributed by atoms with E-state index in [2.05, 4.69) is 27.7 Å². The van der Waals surface area contributed by atoms with Gasteiger partial charge in [0.15, 0.2) is 7.98 Å². The van der Waals surface area contributed by atoms with Crippen LogP contribution >= 0.6 is 0 Å². The van der Waals surface area contributed by atoms with Crippen LogP contribution in [-0.4, -0.2) is 25.9 Å². The van der Waals surface area contributed by atoms with Gasteiger partial charge in [0.2, 0.25) is 0 Å². The van der Waals surface area contributed by atoms with Crippen LogP contribution in [0.3, 0.4) is 0 Å². The lowest BCUT2D eigenvalue weighted by Crippen LogP contribution is -2.30. The van der Waals surface area contributed by atoms with Crippen molar-refractivity contribution in [2.75, 3.05) is 13.1 Å². The van der Waals surface area contributed by atoms with E-state index in [4.69, 9.17) is 7.98 Å². The Bertz CT molecular complexity index is 75.5. The average molecular weight is 125 g/mol. The van der Waals surface area contributed by atoms with Crippen molar-refractivity contribution in [1.82, 2.24) is 4.81 Å². The fourth-order valence-electron chi connectivity index (χ4n) is 0.721. The van der Waals surface area contributed by atoms with Crippen LogP contribution in [-0.2, 0) is 0 Å². The van der Waals surface area contributed by atoms with E-state index in [-0.39, 0.29) is 0 Å². The zero-order valence-electron chi connectivity index (χ0n) is 6.94. The minimum Gasteiger partial charge on any atom is -0.353 e. The molecule has 2 heteroatoms. The van der Waals surface area contributed by atoms with E-state index in [1.165, 1.54) is 0 Å². The summed E-state index contributed by atoms with van der Waals surface area (Å²) in [5.74, 6) is 0. The maximum Gasteiger partial charge on any atom is 0.182 e. The van der Waals surface area contributed by atoms with Crippen LogP contribution in [0.2, 0.25) is 0 Å². The smallest absolute Gasteiger partial charge is 0.182 e. The maximum atomic E-state index is 5.59. The summed E-state index contributed by atoms with van der Waals surface area (Å²) in [7, 11) is 5.59. The van der Waals surface area contributed by atoms with E-state index < -0.39 is 0 Å². The summed E-state index contributed by atoms with van der Waals surface area (Å²) in [4.78, 5) is 1.83. The Hall–Kier alpha value is 0.0249. The van der Waals surface area contributed by atoms with Gasteiger partial charge < -0.3 is 4.81 Å². The van der Waals surface area contributed by atoms with E-state index >= 15 is 0 Å². The normalized spacial score (nSPS) is 12.6. The van der Waals surface area contributed by atoms with Crippen molar-refractivity contribution in [1.29, 1.82) is 0 Å².